The van der Waals surface area contributed by atoms with Crippen molar-refractivity contribution in [1.29, 1.82) is 0 Å². The molecule has 1 nitrogen and oxygen atoms in total. The van der Waals surface area contributed by atoms with Gasteiger partial charge in [0.15, 0.2) is 0 Å². The molecule has 0 saturated carbocycles. The van der Waals surface area contributed by atoms with Crippen LogP contribution in [-0.4, -0.2) is 11.7 Å². The molecule has 0 aromatic heterocycles. The van der Waals surface area contributed by atoms with E-state index in [-0.39, 0.29) is 0 Å². The van der Waals surface area contributed by atoms with Gasteiger partial charge in [0.25, 0.3) is 0 Å². The van der Waals surface area contributed by atoms with E-state index in [1.54, 1.807) is 0 Å². The fourth-order valence-electron chi connectivity index (χ4n) is 0.539. The van der Waals surface area contributed by atoms with Gasteiger partial charge in [-0.05, 0) is 19.3 Å². The summed E-state index contributed by atoms with van der Waals surface area (Å²) in [6, 6.07) is 0. The van der Waals surface area contributed by atoms with Gasteiger partial charge in [0, 0.05) is 6.61 Å². The molecule has 47 valence electrons. The number of aliphatic hydroxyl groups is 1. The van der Waals surface area contributed by atoms with Gasteiger partial charge < -0.3 is 5.11 Å². The fourth-order valence-corrected chi connectivity index (χ4v) is 0.539. The van der Waals surface area contributed by atoms with Crippen LogP contribution in [0.4, 0.5) is 0 Å². The highest BCUT2D eigenvalue weighted by atomic mass is 16.2. The summed E-state index contributed by atoms with van der Waals surface area (Å²) in [6.45, 7) is 3.79. The van der Waals surface area contributed by atoms with Gasteiger partial charge in [-0.2, -0.15) is 0 Å². The van der Waals surface area contributed by atoms with Crippen LogP contribution in [-0.2, 0) is 0 Å². The molecule has 0 saturated heterocycles. The second-order valence-corrected chi connectivity index (χ2v) is 1.78. The Morgan fingerprint density at radius 1 is 1.25 bits per heavy atom. The SMILES string of the molecule is C=[C]CCCCCO. The van der Waals surface area contributed by atoms with Crippen LogP contribution in [0.3, 0.4) is 0 Å². The first-order chi connectivity index (χ1) is 3.91. The number of rotatable bonds is 5. The van der Waals surface area contributed by atoms with Gasteiger partial charge in [-0.25, -0.2) is 0 Å². The Kier molecular flexibility index (Phi) is 6.45. The van der Waals surface area contributed by atoms with Crippen molar-refractivity contribution >= 4 is 0 Å². The maximum Gasteiger partial charge on any atom is 0.0431 e. The van der Waals surface area contributed by atoms with Gasteiger partial charge in [0.1, 0.15) is 0 Å². The molecule has 0 bridgehead atoms. The molecule has 1 heteroatoms. The monoisotopic (exact) mass is 113 g/mol. The summed E-state index contributed by atoms with van der Waals surface area (Å²) in [5.41, 5.74) is 0. The van der Waals surface area contributed by atoms with E-state index in [0.717, 1.165) is 25.7 Å². The van der Waals surface area contributed by atoms with E-state index in [4.69, 9.17) is 5.11 Å². The third-order valence-electron chi connectivity index (χ3n) is 1.01. The highest BCUT2D eigenvalue weighted by molar-refractivity contribution is 4.54. The first kappa shape index (κ1) is 7.70. The summed E-state index contributed by atoms with van der Waals surface area (Å²) in [5.74, 6) is 0. The average Bonchev–Trinajstić information content (AvgIpc) is 1.81. The summed E-state index contributed by atoms with van der Waals surface area (Å²) in [4.78, 5) is 0. The Morgan fingerprint density at radius 3 is 2.50 bits per heavy atom. The van der Waals surface area contributed by atoms with Gasteiger partial charge in [-0.15, -0.1) is 0 Å². The number of hydrogen-bond donors (Lipinski definition) is 1. The molecule has 1 radical (unpaired) electrons. The highest BCUT2D eigenvalue weighted by Gasteiger charge is 1.82. The highest BCUT2D eigenvalue weighted by Crippen LogP contribution is 1.97. The molecule has 0 rings (SSSR count). The second kappa shape index (κ2) is 6.70. The lowest BCUT2D eigenvalue weighted by atomic mass is 10.2. The summed E-state index contributed by atoms with van der Waals surface area (Å²) >= 11 is 0. The van der Waals surface area contributed by atoms with E-state index in [0.29, 0.717) is 6.61 Å². The molecular weight excluding hydrogens is 100 g/mol. The van der Waals surface area contributed by atoms with Crippen LogP contribution in [0.1, 0.15) is 25.7 Å². The van der Waals surface area contributed by atoms with Crippen molar-refractivity contribution in [3.8, 4) is 0 Å². The Hall–Kier alpha value is -0.300. The van der Waals surface area contributed by atoms with Crippen LogP contribution >= 0.6 is 0 Å². The normalized spacial score (nSPS) is 9.12. The van der Waals surface area contributed by atoms with Crippen molar-refractivity contribution in [3.05, 3.63) is 12.7 Å². The lowest BCUT2D eigenvalue weighted by Gasteiger charge is -1.91. The first-order valence-electron chi connectivity index (χ1n) is 3.02. The molecule has 0 fully saturated rings. The lowest BCUT2D eigenvalue weighted by molar-refractivity contribution is 0.283. The van der Waals surface area contributed by atoms with Crippen LogP contribution in [0.25, 0.3) is 0 Å². The van der Waals surface area contributed by atoms with Gasteiger partial charge in [0.05, 0.1) is 0 Å². The molecule has 0 aliphatic carbocycles. The molecule has 0 unspecified atom stereocenters. The molecule has 0 aliphatic heterocycles. The van der Waals surface area contributed by atoms with Crippen molar-refractivity contribution in [2.24, 2.45) is 0 Å². The summed E-state index contributed by atoms with van der Waals surface area (Å²) in [5, 5.41) is 8.33. The van der Waals surface area contributed by atoms with Crippen LogP contribution in [0, 0.1) is 6.08 Å². The van der Waals surface area contributed by atoms with E-state index in [1.807, 2.05) is 0 Å². The number of allylic oxidation sites excluding steroid dienone is 1. The standard InChI is InChI=1S/C7H13O/c1-2-3-4-5-6-7-8/h8H,1,3-7H2. The number of hydrogen-bond acceptors (Lipinski definition) is 1. The minimum absolute atomic E-state index is 0.317. The molecule has 0 aliphatic rings. The van der Waals surface area contributed by atoms with Crippen molar-refractivity contribution in [2.45, 2.75) is 25.7 Å². The third kappa shape index (κ3) is 5.70. The zero-order valence-corrected chi connectivity index (χ0v) is 5.19. The first-order valence-corrected chi connectivity index (χ1v) is 3.02. The lowest BCUT2D eigenvalue weighted by Crippen LogP contribution is -1.81. The predicted octanol–water partition coefficient (Wildman–Crippen LogP) is 1.53. The minimum atomic E-state index is 0.317. The van der Waals surface area contributed by atoms with Gasteiger partial charge in [0.2, 0.25) is 0 Å². The Balaban J connectivity index is 2.62. The molecule has 0 heterocycles. The van der Waals surface area contributed by atoms with Gasteiger partial charge >= 0.3 is 0 Å². The van der Waals surface area contributed by atoms with Crippen LogP contribution in [0.5, 0.6) is 0 Å². The molecule has 0 aromatic rings. The van der Waals surface area contributed by atoms with E-state index in [1.165, 1.54) is 0 Å². The van der Waals surface area contributed by atoms with Crippen LogP contribution in [0.2, 0.25) is 0 Å². The summed E-state index contributed by atoms with van der Waals surface area (Å²) in [6.07, 6.45) is 6.88. The zero-order chi connectivity index (χ0) is 6.24. The second-order valence-electron chi connectivity index (χ2n) is 1.78. The number of unbranched alkanes of at least 4 members (excludes halogenated alkanes) is 3. The van der Waals surface area contributed by atoms with Crippen molar-refractivity contribution in [2.75, 3.05) is 6.61 Å². The van der Waals surface area contributed by atoms with Crippen LogP contribution in [0.15, 0.2) is 6.58 Å². The largest absolute Gasteiger partial charge is 0.396 e. The van der Waals surface area contributed by atoms with Crippen molar-refractivity contribution in [1.82, 2.24) is 0 Å². The van der Waals surface area contributed by atoms with E-state index in [2.05, 4.69) is 12.7 Å². The molecule has 0 aromatic carbocycles. The summed E-state index contributed by atoms with van der Waals surface area (Å²) < 4.78 is 0. The molecule has 1 N–H and O–H groups in total. The van der Waals surface area contributed by atoms with E-state index in [9.17, 15) is 0 Å². The zero-order valence-electron chi connectivity index (χ0n) is 5.19. The predicted molar refractivity (Wildman–Crippen MR) is 34.4 cm³/mol. The molecule has 0 amide bonds. The maximum absolute atomic E-state index is 8.33. The van der Waals surface area contributed by atoms with E-state index >= 15 is 0 Å². The van der Waals surface area contributed by atoms with Crippen molar-refractivity contribution < 1.29 is 5.11 Å². The molecule has 0 atom stereocenters. The van der Waals surface area contributed by atoms with Crippen LogP contribution < -0.4 is 0 Å². The Morgan fingerprint density at radius 2 is 2.00 bits per heavy atom. The number of aliphatic hydroxyl groups excluding tert-OH is 1. The molecular formula is C7H13O. The quantitative estimate of drug-likeness (QED) is 0.536. The fraction of sp³-hybridized carbons (Fsp3) is 0.714. The minimum Gasteiger partial charge on any atom is -0.396 e. The Bertz CT molecular complexity index is 50.3. The summed E-state index contributed by atoms with van der Waals surface area (Å²) in [7, 11) is 0. The average molecular weight is 113 g/mol. The third-order valence-corrected chi connectivity index (χ3v) is 1.01. The topological polar surface area (TPSA) is 20.2 Å². The van der Waals surface area contributed by atoms with Gasteiger partial charge in [-0.1, -0.05) is 19.1 Å². The maximum atomic E-state index is 8.33. The van der Waals surface area contributed by atoms with Gasteiger partial charge in [-0.3, -0.25) is 0 Å². The van der Waals surface area contributed by atoms with Crippen molar-refractivity contribution in [3.63, 3.8) is 0 Å². The van der Waals surface area contributed by atoms with E-state index < -0.39 is 0 Å². The Labute approximate surface area is 51.0 Å². The smallest absolute Gasteiger partial charge is 0.0431 e. The molecule has 0 spiro atoms. The molecule has 8 heavy (non-hydrogen) atoms.